The van der Waals surface area contributed by atoms with Crippen molar-refractivity contribution in [2.75, 3.05) is 19.6 Å². The van der Waals surface area contributed by atoms with Crippen molar-refractivity contribution in [2.45, 2.75) is 25.4 Å². The predicted octanol–water partition coefficient (Wildman–Crippen LogP) is 1.87. The second kappa shape index (κ2) is 6.85. The summed E-state index contributed by atoms with van der Waals surface area (Å²) >= 11 is 2.16. The SMILES string of the molecule is OC1CCN(CCc2ccc(-n3cc(I)nn3)cc2)CC1. The summed E-state index contributed by atoms with van der Waals surface area (Å²) in [4.78, 5) is 2.43. The van der Waals surface area contributed by atoms with E-state index in [0.717, 1.165) is 48.3 Å². The van der Waals surface area contributed by atoms with Gasteiger partial charge < -0.3 is 10.0 Å². The first-order chi connectivity index (χ1) is 10.2. The molecule has 112 valence electrons. The van der Waals surface area contributed by atoms with Gasteiger partial charge in [-0.3, -0.25) is 0 Å². The third kappa shape index (κ3) is 4.02. The molecule has 1 fully saturated rings. The normalized spacial score (nSPS) is 17.2. The van der Waals surface area contributed by atoms with E-state index in [-0.39, 0.29) is 6.10 Å². The predicted molar refractivity (Wildman–Crippen MR) is 89.5 cm³/mol. The molecular weight excluding hydrogens is 379 g/mol. The zero-order valence-electron chi connectivity index (χ0n) is 11.8. The Morgan fingerprint density at radius 2 is 1.90 bits per heavy atom. The van der Waals surface area contributed by atoms with E-state index in [2.05, 4.69) is 62.1 Å². The van der Waals surface area contributed by atoms with Crippen LogP contribution in [0.2, 0.25) is 0 Å². The highest BCUT2D eigenvalue weighted by atomic mass is 127. The second-order valence-electron chi connectivity index (χ2n) is 5.48. The van der Waals surface area contributed by atoms with Crippen LogP contribution in [0.25, 0.3) is 5.69 Å². The Labute approximate surface area is 138 Å². The molecule has 0 saturated carbocycles. The summed E-state index contributed by atoms with van der Waals surface area (Å²) in [5.41, 5.74) is 2.37. The van der Waals surface area contributed by atoms with Crippen molar-refractivity contribution in [1.29, 1.82) is 0 Å². The fourth-order valence-corrected chi connectivity index (χ4v) is 2.98. The number of rotatable bonds is 4. The summed E-state index contributed by atoms with van der Waals surface area (Å²) in [5.74, 6) is 0. The number of likely N-dealkylation sites (tertiary alicyclic amines) is 1. The Hall–Kier alpha value is -0.990. The highest BCUT2D eigenvalue weighted by Gasteiger charge is 2.16. The highest BCUT2D eigenvalue weighted by Crippen LogP contribution is 2.13. The number of hydrogen-bond acceptors (Lipinski definition) is 4. The lowest BCUT2D eigenvalue weighted by molar-refractivity contribution is 0.0832. The van der Waals surface area contributed by atoms with Crippen molar-refractivity contribution in [3.05, 3.63) is 39.7 Å². The van der Waals surface area contributed by atoms with Gasteiger partial charge in [-0.25, -0.2) is 4.68 Å². The van der Waals surface area contributed by atoms with E-state index in [1.807, 2.05) is 6.20 Å². The fourth-order valence-electron chi connectivity index (χ4n) is 2.62. The summed E-state index contributed by atoms with van der Waals surface area (Å²) in [5, 5.41) is 17.6. The van der Waals surface area contributed by atoms with E-state index in [4.69, 9.17) is 0 Å². The zero-order chi connectivity index (χ0) is 14.7. The first-order valence-electron chi connectivity index (χ1n) is 7.28. The highest BCUT2D eigenvalue weighted by molar-refractivity contribution is 14.1. The van der Waals surface area contributed by atoms with Gasteiger partial charge >= 0.3 is 0 Å². The monoisotopic (exact) mass is 398 g/mol. The van der Waals surface area contributed by atoms with Gasteiger partial charge in [0.25, 0.3) is 0 Å². The van der Waals surface area contributed by atoms with Crippen LogP contribution >= 0.6 is 22.6 Å². The second-order valence-corrected chi connectivity index (χ2v) is 6.58. The number of hydrogen-bond donors (Lipinski definition) is 1. The van der Waals surface area contributed by atoms with Crippen LogP contribution in [0.1, 0.15) is 18.4 Å². The third-order valence-corrected chi connectivity index (χ3v) is 4.43. The Morgan fingerprint density at radius 3 is 2.52 bits per heavy atom. The third-order valence-electron chi connectivity index (χ3n) is 3.94. The van der Waals surface area contributed by atoms with Gasteiger partial charge in [-0.05, 0) is 59.5 Å². The molecule has 5 nitrogen and oxygen atoms in total. The molecule has 3 rings (SSSR count). The van der Waals surface area contributed by atoms with E-state index < -0.39 is 0 Å². The lowest BCUT2D eigenvalue weighted by Gasteiger charge is -2.29. The molecule has 0 amide bonds. The molecule has 0 bridgehead atoms. The molecular formula is C15H19IN4O. The molecule has 6 heteroatoms. The number of aliphatic hydroxyl groups excluding tert-OH is 1. The molecule has 2 aromatic rings. The van der Waals surface area contributed by atoms with Gasteiger partial charge in [0.05, 0.1) is 18.0 Å². The molecule has 0 aliphatic carbocycles. The maximum absolute atomic E-state index is 9.51. The topological polar surface area (TPSA) is 54.2 Å². The number of nitrogens with zero attached hydrogens (tertiary/aromatic N) is 4. The molecule has 0 spiro atoms. The van der Waals surface area contributed by atoms with Gasteiger partial charge in [0, 0.05) is 19.6 Å². The van der Waals surface area contributed by atoms with Crippen molar-refractivity contribution in [3.63, 3.8) is 0 Å². The van der Waals surface area contributed by atoms with Crippen LogP contribution in [-0.4, -0.2) is 50.7 Å². The summed E-state index contributed by atoms with van der Waals surface area (Å²) in [7, 11) is 0. The molecule has 1 N–H and O–H groups in total. The van der Waals surface area contributed by atoms with E-state index in [1.54, 1.807) is 4.68 Å². The van der Waals surface area contributed by atoms with Crippen molar-refractivity contribution in [2.24, 2.45) is 0 Å². The van der Waals surface area contributed by atoms with Gasteiger partial charge in [-0.1, -0.05) is 17.3 Å². The van der Waals surface area contributed by atoms with Crippen LogP contribution in [0, 0.1) is 3.70 Å². The van der Waals surface area contributed by atoms with Gasteiger partial charge in [-0.2, -0.15) is 0 Å². The van der Waals surface area contributed by atoms with Gasteiger partial charge in [-0.15, -0.1) is 5.10 Å². The van der Waals surface area contributed by atoms with Crippen LogP contribution in [0.15, 0.2) is 30.5 Å². The van der Waals surface area contributed by atoms with E-state index in [1.165, 1.54) is 5.56 Å². The number of aromatic nitrogens is 3. The molecule has 1 aromatic carbocycles. The molecule has 1 aromatic heterocycles. The summed E-state index contributed by atoms with van der Waals surface area (Å²) in [6, 6.07) is 8.48. The van der Waals surface area contributed by atoms with E-state index in [0.29, 0.717) is 0 Å². The lowest BCUT2D eigenvalue weighted by Crippen LogP contribution is -2.37. The largest absolute Gasteiger partial charge is 0.393 e. The van der Waals surface area contributed by atoms with Crippen LogP contribution in [0.3, 0.4) is 0 Å². The molecule has 1 aliphatic rings. The van der Waals surface area contributed by atoms with Crippen molar-refractivity contribution >= 4 is 22.6 Å². The molecule has 21 heavy (non-hydrogen) atoms. The zero-order valence-corrected chi connectivity index (χ0v) is 14.0. The molecule has 0 atom stereocenters. The number of aliphatic hydroxyl groups is 1. The quantitative estimate of drug-likeness (QED) is 0.800. The molecule has 1 saturated heterocycles. The summed E-state index contributed by atoms with van der Waals surface area (Å²) in [6.45, 7) is 3.08. The first-order valence-corrected chi connectivity index (χ1v) is 8.36. The standard InChI is InChI=1S/C15H19IN4O/c16-15-11-20(18-17-15)13-3-1-12(2-4-13)5-8-19-9-6-14(21)7-10-19/h1-4,11,14,21H,5-10H2. The molecule has 2 heterocycles. The average Bonchev–Trinajstić information content (AvgIpc) is 2.94. The molecule has 0 unspecified atom stereocenters. The average molecular weight is 398 g/mol. The van der Waals surface area contributed by atoms with Crippen LogP contribution in [0.4, 0.5) is 0 Å². The van der Waals surface area contributed by atoms with Crippen molar-refractivity contribution in [1.82, 2.24) is 19.9 Å². The molecule has 1 aliphatic heterocycles. The smallest absolute Gasteiger partial charge is 0.143 e. The maximum Gasteiger partial charge on any atom is 0.143 e. The van der Waals surface area contributed by atoms with Gasteiger partial charge in [0.15, 0.2) is 0 Å². The van der Waals surface area contributed by atoms with Crippen LogP contribution < -0.4 is 0 Å². The minimum absolute atomic E-state index is 0.0917. The minimum Gasteiger partial charge on any atom is -0.393 e. The lowest BCUT2D eigenvalue weighted by atomic mass is 10.1. The van der Waals surface area contributed by atoms with E-state index in [9.17, 15) is 5.11 Å². The number of halogens is 1. The summed E-state index contributed by atoms with van der Waals surface area (Å²) < 4.78 is 2.68. The maximum atomic E-state index is 9.51. The van der Waals surface area contributed by atoms with Crippen LogP contribution in [-0.2, 0) is 6.42 Å². The van der Waals surface area contributed by atoms with Gasteiger partial charge in [0.2, 0.25) is 0 Å². The first kappa shape index (κ1) is 14.9. The fraction of sp³-hybridized carbons (Fsp3) is 0.467. The number of piperidine rings is 1. The molecule has 0 radical (unpaired) electrons. The number of benzene rings is 1. The Kier molecular flexibility index (Phi) is 4.87. The van der Waals surface area contributed by atoms with Crippen molar-refractivity contribution < 1.29 is 5.11 Å². The minimum atomic E-state index is -0.0917. The Morgan fingerprint density at radius 1 is 1.19 bits per heavy atom. The van der Waals surface area contributed by atoms with E-state index >= 15 is 0 Å². The van der Waals surface area contributed by atoms with Crippen LogP contribution in [0.5, 0.6) is 0 Å². The Balaban J connectivity index is 1.55. The Bertz CT molecular complexity index is 576. The van der Waals surface area contributed by atoms with Crippen molar-refractivity contribution in [3.8, 4) is 5.69 Å². The van der Waals surface area contributed by atoms with Gasteiger partial charge in [0.1, 0.15) is 3.70 Å². The summed E-state index contributed by atoms with van der Waals surface area (Å²) in [6.07, 6.45) is 4.68.